The molecule has 1 aromatic heterocycles. The van der Waals surface area contributed by atoms with Crippen LogP contribution in [0.4, 0.5) is 5.82 Å². The van der Waals surface area contributed by atoms with Gasteiger partial charge in [0.2, 0.25) is 0 Å². The quantitative estimate of drug-likeness (QED) is 0.614. The number of hydrogen-bond donors (Lipinski definition) is 1. The van der Waals surface area contributed by atoms with Crippen molar-refractivity contribution in [3.8, 4) is 0 Å². The Morgan fingerprint density at radius 1 is 1.07 bits per heavy atom. The lowest BCUT2D eigenvalue weighted by Gasteiger charge is -2.26. The molecule has 1 fully saturated rings. The van der Waals surface area contributed by atoms with Crippen LogP contribution in [0.25, 0.3) is 10.9 Å². The molecule has 1 aliphatic rings. The average Bonchev–Trinajstić information content (AvgIpc) is 3.07. The van der Waals surface area contributed by atoms with Crippen LogP contribution in [0.5, 0.6) is 0 Å². The summed E-state index contributed by atoms with van der Waals surface area (Å²) >= 11 is 0. The maximum Gasteiger partial charge on any atom is 0.155 e. The van der Waals surface area contributed by atoms with E-state index in [1.54, 1.807) is 0 Å². The number of nitrogens with one attached hydrogen (secondary N) is 1. The summed E-state index contributed by atoms with van der Waals surface area (Å²) in [6.45, 7) is 14.7. The van der Waals surface area contributed by atoms with Crippen molar-refractivity contribution in [2.24, 2.45) is 0 Å². The van der Waals surface area contributed by atoms with E-state index in [2.05, 4.69) is 57.9 Å². The smallest absolute Gasteiger partial charge is 0.155 e. The highest BCUT2D eigenvalue weighted by molar-refractivity contribution is 5.90. The second-order valence-electron chi connectivity index (χ2n) is 7.20. The van der Waals surface area contributed by atoms with Crippen LogP contribution in [0.2, 0.25) is 0 Å². The van der Waals surface area contributed by atoms with Crippen LogP contribution in [-0.2, 0) is 11.3 Å². The molecule has 0 radical (unpaired) electrons. The second kappa shape index (κ2) is 10.6. The van der Waals surface area contributed by atoms with E-state index in [0.29, 0.717) is 0 Å². The summed E-state index contributed by atoms with van der Waals surface area (Å²) in [5, 5.41) is 9.67. The SMILES string of the molecule is CCN(CC)CCCNc1nn(CCCN2CCOCC2)c2ccccc12. The molecule has 0 unspecified atom stereocenters. The Bertz CT molecular complexity index is 676. The Balaban J connectivity index is 1.54. The molecule has 1 N–H and O–H groups in total. The number of hydrogen-bond acceptors (Lipinski definition) is 5. The lowest BCUT2D eigenvalue weighted by atomic mass is 10.2. The Morgan fingerprint density at radius 2 is 1.85 bits per heavy atom. The highest BCUT2D eigenvalue weighted by Gasteiger charge is 2.12. The molecule has 2 heterocycles. The van der Waals surface area contributed by atoms with Gasteiger partial charge >= 0.3 is 0 Å². The minimum Gasteiger partial charge on any atom is -0.379 e. The van der Waals surface area contributed by atoms with Gasteiger partial charge in [-0.15, -0.1) is 0 Å². The van der Waals surface area contributed by atoms with Crippen LogP contribution in [0.3, 0.4) is 0 Å². The van der Waals surface area contributed by atoms with Crippen molar-refractivity contribution in [2.75, 3.05) is 64.3 Å². The Kier molecular flexibility index (Phi) is 7.93. The number of para-hydroxylation sites is 1. The van der Waals surface area contributed by atoms with Crippen molar-refractivity contribution in [3.05, 3.63) is 24.3 Å². The van der Waals surface area contributed by atoms with Crippen LogP contribution >= 0.6 is 0 Å². The molecule has 6 heteroatoms. The molecule has 6 nitrogen and oxygen atoms in total. The van der Waals surface area contributed by atoms with E-state index < -0.39 is 0 Å². The fourth-order valence-corrected chi connectivity index (χ4v) is 3.75. The predicted molar refractivity (Wildman–Crippen MR) is 113 cm³/mol. The van der Waals surface area contributed by atoms with E-state index in [9.17, 15) is 0 Å². The molecule has 0 saturated carbocycles. The number of fused-ring (bicyclic) bond motifs is 1. The second-order valence-corrected chi connectivity index (χ2v) is 7.20. The zero-order valence-electron chi connectivity index (χ0n) is 17.0. The lowest BCUT2D eigenvalue weighted by Crippen LogP contribution is -2.37. The normalized spacial score (nSPS) is 15.7. The molecule has 0 aliphatic carbocycles. The van der Waals surface area contributed by atoms with Gasteiger partial charge in [0.1, 0.15) is 0 Å². The summed E-state index contributed by atoms with van der Waals surface area (Å²) in [6.07, 6.45) is 2.26. The molecule has 150 valence electrons. The zero-order chi connectivity index (χ0) is 18.9. The third-order valence-electron chi connectivity index (χ3n) is 5.44. The Morgan fingerprint density at radius 3 is 2.63 bits per heavy atom. The summed E-state index contributed by atoms with van der Waals surface area (Å²) in [5.41, 5.74) is 1.23. The van der Waals surface area contributed by atoms with Gasteiger partial charge in [-0.2, -0.15) is 5.10 Å². The van der Waals surface area contributed by atoms with Gasteiger partial charge in [-0.25, -0.2) is 0 Å². The topological polar surface area (TPSA) is 45.6 Å². The number of nitrogens with zero attached hydrogens (tertiary/aromatic N) is 4. The van der Waals surface area contributed by atoms with Gasteiger partial charge in [-0.3, -0.25) is 9.58 Å². The molecule has 1 aliphatic heterocycles. The molecule has 3 rings (SSSR count). The summed E-state index contributed by atoms with van der Waals surface area (Å²) in [5.74, 6) is 1.02. The van der Waals surface area contributed by atoms with E-state index >= 15 is 0 Å². The molecule has 0 bridgehead atoms. The summed E-state index contributed by atoms with van der Waals surface area (Å²) in [6, 6.07) is 8.56. The van der Waals surface area contributed by atoms with Gasteiger partial charge in [0.25, 0.3) is 0 Å². The minimum absolute atomic E-state index is 0.867. The van der Waals surface area contributed by atoms with Gasteiger partial charge < -0.3 is 15.0 Å². The van der Waals surface area contributed by atoms with E-state index in [-0.39, 0.29) is 0 Å². The first-order valence-electron chi connectivity index (χ1n) is 10.5. The van der Waals surface area contributed by atoms with Crippen LogP contribution in [-0.4, -0.2) is 78.6 Å². The maximum absolute atomic E-state index is 5.43. The van der Waals surface area contributed by atoms with Gasteiger partial charge in [0, 0.05) is 38.1 Å². The van der Waals surface area contributed by atoms with Gasteiger partial charge in [-0.1, -0.05) is 26.0 Å². The largest absolute Gasteiger partial charge is 0.379 e. The third-order valence-corrected chi connectivity index (χ3v) is 5.44. The Labute approximate surface area is 163 Å². The molecular weight excluding hydrogens is 338 g/mol. The summed E-state index contributed by atoms with van der Waals surface area (Å²) in [4.78, 5) is 4.95. The molecule has 0 atom stereocenters. The predicted octanol–water partition coefficient (Wildman–Crippen LogP) is 2.90. The van der Waals surface area contributed by atoms with E-state index in [1.807, 2.05) is 0 Å². The first kappa shape index (κ1) is 20.1. The standard InChI is InChI=1S/C21H35N5O/c1-3-24(4-2)12-7-11-22-21-19-9-5-6-10-20(19)26(23-21)14-8-13-25-15-17-27-18-16-25/h5-6,9-10H,3-4,7-8,11-18H2,1-2H3,(H,22,23). The first-order valence-corrected chi connectivity index (χ1v) is 10.5. The van der Waals surface area contributed by atoms with Crippen LogP contribution in [0.15, 0.2) is 24.3 Å². The third kappa shape index (κ3) is 5.67. The monoisotopic (exact) mass is 373 g/mol. The number of aromatic nitrogens is 2. The number of benzene rings is 1. The van der Waals surface area contributed by atoms with Crippen LogP contribution < -0.4 is 5.32 Å². The van der Waals surface area contributed by atoms with E-state index in [0.717, 1.165) is 84.2 Å². The van der Waals surface area contributed by atoms with Crippen LogP contribution in [0, 0.1) is 0 Å². The number of rotatable bonds is 11. The van der Waals surface area contributed by atoms with Gasteiger partial charge in [0.15, 0.2) is 5.82 Å². The summed E-state index contributed by atoms with van der Waals surface area (Å²) < 4.78 is 7.60. The first-order chi connectivity index (χ1) is 13.3. The fraction of sp³-hybridized carbons (Fsp3) is 0.667. The van der Waals surface area contributed by atoms with Crippen molar-refractivity contribution >= 4 is 16.7 Å². The maximum atomic E-state index is 5.43. The molecule has 0 amide bonds. The molecular formula is C21H35N5O. The van der Waals surface area contributed by atoms with Crippen molar-refractivity contribution < 1.29 is 4.74 Å². The number of ether oxygens (including phenoxy) is 1. The molecule has 1 saturated heterocycles. The Hall–Kier alpha value is -1.63. The lowest BCUT2D eigenvalue weighted by molar-refractivity contribution is 0.0368. The van der Waals surface area contributed by atoms with Crippen molar-refractivity contribution in [1.82, 2.24) is 19.6 Å². The molecule has 2 aromatic rings. The summed E-state index contributed by atoms with van der Waals surface area (Å²) in [7, 11) is 0. The van der Waals surface area contributed by atoms with E-state index in [4.69, 9.17) is 9.84 Å². The number of anilines is 1. The van der Waals surface area contributed by atoms with Gasteiger partial charge in [0.05, 0.1) is 18.7 Å². The zero-order valence-corrected chi connectivity index (χ0v) is 17.0. The number of aryl methyl sites for hydroxylation is 1. The average molecular weight is 374 g/mol. The van der Waals surface area contributed by atoms with Crippen molar-refractivity contribution in [3.63, 3.8) is 0 Å². The van der Waals surface area contributed by atoms with E-state index in [1.165, 1.54) is 10.9 Å². The molecule has 0 spiro atoms. The highest BCUT2D eigenvalue weighted by atomic mass is 16.5. The van der Waals surface area contributed by atoms with Gasteiger partial charge in [-0.05, 0) is 44.6 Å². The minimum atomic E-state index is 0.867. The highest BCUT2D eigenvalue weighted by Crippen LogP contribution is 2.23. The molecule has 27 heavy (non-hydrogen) atoms. The van der Waals surface area contributed by atoms with Crippen molar-refractivity contribution in [2.45, 2.75) is 33.2 Å². The molecule has 1 aromatic carbocycles. The van der Waals surface area contributed by atoms with Crippen LogP contribution in [0.1, 0.15) is 26.7 Å². The fourth-order valence-electron chi connectivity index (χ4n) is 3.75. The number of morpholine rings is 1. The van der Waals surface area contributed by atoms with Crippen molar-refractivity contribution in [1.29, 1.82) is 0 Å².